The summed E-state index contributed by atoms with van der Waals surface area (Å²) >= 11 is 1.38. The molecular formula is C16H15N3O4S2. The summed E-state index contributed by atoms with van der Waals surface area (Å²) in [5.74, 6) is -0.381. The lowest BCUT2D eigenvalue weighted by atomic mass is 10.3. The van der Waals surface area contributed by atoms with E-state index in [1.807, 2.05) is 0 Å². The van der Waals surface area contributed by atoms with Crippen molar-refractivity contribution in [2.24, 2.45) is 0 Å². The van der Waals surface area contributed by atoms with Crippen molar-refractivity contribution in [2.75, 3.05) is 11.6 Å². The molecule has 25 heavy (non-hydrogen) atoms. The lowest BCUT2D eigenvalue weighted by Crippen LogP contribution is -2.23. The third-order valence-electron chi connectivity index (χ3n) is 3.59. The molecule has 0 radical (unpaired) electrons. The van der Waals surface area contributed by atoms with Crippen LogP contribution < -0.4 is 10.9 Å². The fourth-order valence-electron chi connectivity index (χ4n) is 2.38. The molecule has 7 nitrogen and oxygen atoms in total. The van der Waals surface area contributed by atoms with E-state index in [0.29, 0.717) is 10.2 Å². The third-order valence-corrected chi connectivity index (χ3v) is 5.57. The van der Waals surface area contributed by atoms with Crippen LogP contribution in [0.3, 0.4) is 0 Å². The molecule has 0 aliphatic rings. The van der Waals surface area contributed by atoms with Crippen molar-refractivity contribution in [2.45, 2.75) is 17.9 Å². The summed E-state index contributed by atoms with van der Waals surface area (Å²) in [6, 6.07) is 7.90. The van der Waals surface area contributed by atoms with Crippen molar-refractivity contribution in [1.82, 2.24) is 9.55 Å². The van der Waals surface area contributed by atoms with Gasteiger partial charge < -0.3 is 5.32 Å². The maximum absolute atomic E-state index is 12.3. The van der Waals surface area contributed by atoms with E-state index in [9.17, 15) is 18.0 Å². The van der Waals surface area contributed by atoms with Gasteiger partial charge in [-0.25, -0.2) is 13.4 Å². The molecule has 0 unspecified atom stereocenters. The van der Waals surface area contributed by atoms with E-state index in [1.165, 1.54) is 34.4 Å². The number of benzene rings is 1. The van der Waals surface area contributed by atoms with Gasteiger partial charge in [0.05, 0.1) is 22.3 Å². The predicted molar refractivity (Wildman–Crippen MR) is 96.7 cm³/mol. The normalized spacial score (nSPS) is 11.6. The summed E-state index contributed by atoms with van der Waals surface area (Å²) < 4.78 is 24.9. The van der Waals surface area contributed by atoms with Gasteiger partial charge in [-0.15, -0.1) is 11.3 Å². The topological polar surface area (TPSA) is 98.1 Å². The van der Waals surface area contributed by atoms with Gasteiger partial charge in [0.25, 0.3) is 5.56 Å². The van der Waals surface area contributed by atoms with Crippen LogP contribution in [0, 0.1) is 0 Å². The van der Waals surface area contributed by atoms with Gasteiger partial charge in [0.2, 0.25) is 5.91 Å². The summed E-state index contributed by atoms with van der Waals surface area (Å²) in [6.07, 6.45) is 2.52. The highest BCUT2D eigenvalue weighted by Crippen LogP contribution is 2.20. The molecule has 9 heteroatoms. The Morgan fingerprint density at radius 2 is 2.04 bits per heavy atom. The number of rotatable bonds is 5. The van der Waals surface area contributed by atoms with Crippen LogP contribution in [0.4, 0.5) is 5.69 Å². The van der Waals surface area contributed by atoms with Crippen LogP contribution >= 0.6 is 11.3 Å². The van der Waals surface area contributed by atoms with Gasteiger partial charge >= 0.3 is 0 Å². The molecule has 2 aromatic heterocycles. The fourth-order valence-corrected chi connectivity index (χ4v) is 3.95. The Bertz CT molecular complexity index is 1100. The number of aromatic nitrogens is 2. The van der Waals surface area contributed by atoms with E-state index in [-0.39, 0.29) is 35.0 Å². The molecule has 0 aliphatic carbocycles. The second-order valence-electron chi connectivity index (χ2n) is 5.45. The Kier molecular flexibility index (Phi) is 4.69. The Hall–Kier alpha value is -2.52. The van der Waals surface area contributed by atoms with Crippen molar-refractivity contribution in [3.8, 4) is 0 Å². The quantitative estimate of drug-likeness (QED) is 0.732. The van der Waals surface area contributed by atoms with Crippen LogP contribution in [0.15, 0.2) is 51.7 Å². The minimum atomic E-state index is -3.45. The first-order chi connectivity index (χ1) is 11.9. The van der Waals surface area contributed by atoms with Gasteiger partial charge in [0.1, 0.15) is 4.83 Å². The number of aryl methyl sites for hydroxylation is 1. The number of hydrogen-bond donors (Lipinski definition) is 1. The second-order valence-corrected chi connectivity index (χ2v) is 8.33. The van der Waals surface area contributed by atoms with Gasteiger partial charge in [-0.05, 0) is 23.6 Å². The Balaban J connectivity index is 1.73. The molecule has 130 valence electrons. The standard InChI is InChI=1S/C16H15N3O4S2/c1-25(22,23)13-5-3-2-4-12(13)18-14(20)6-8-19-10-17-15-11(16(19)21)7-9-24-15/h2-5,7,9-10H,6,8H2,1H3,(H,18,20). The first-order valence-electron chi connectivity index (χ1n) is 7.38. The molecule has 0 fully saturated rings. The van der Waals surface area contributed by atoms with Crippen LogP contribution in [0.5, 0.6) is 0 Å². The van der Waals surface area contributed by atoms with Gasteiger partial charge in [-0.2, -0.15) is 0 Å². The number of hydrogen-bond acceptors (Lipinski definition) is 6. The van der Waals surface area contributed by atoms with Crippen LogP contribution in [0.1, 0.15) is 6.42 Å². The van der Waals surface area contributed by atoms with E-state index in [0.717, 1.165) is 6.26 Å². The smallest absolute Gasteiger partial charge is 0.262 e. The molecule has 2 heterocycles. The van der Waals surface area contributed by atoms with Crippen molar-refractivity contribution < 1.29 is 13.2 Å². The summed E-state index contributed by atoms with van der Waals surface area (Å²) in [5, 5.41) is 4.90. The summed E-state index contributed by atoms with van der Waals surface area (Å²) in [7, 11) is -3.45. The monoisotopic (exact) mass is 377 g/mol. The highest BCUT2D eigenvalue weighted by Gasteiger charge is 2.14. The average Bonchev–Trinajstić information content (AvgIpc) is 3.03. The molecule has 1 aromatic carbocycles. The Labute approximate surface area is 147 Å². The number of fused-ring (bicyclic) bond motifs is 1. The molecule has 0 aliphatic heterocycles. The van der Waals surface area contributed by atoms with E-state index >= 15 is 0 Å². The number of para-hydroxylation sites is 1. The van der Waals surface area contributed by atoms with Crippen molar-refractivity contribution in [3.63, 3.8) is 0 Å². The number of anilines is 1. The maximum atomic E-state index is 12.3. The molecule has 0 atom stereocenters. The van der Waals surface area contributed by atoms with Crippen LogP contribution in [0.2, 0.25) is 0 Å². The van der Waals surface area contributed by atoms with Gasteiger partial charge in [0, 0.05) is 19.2 Å². The number of amides is 1. The fraction of sp³-hybridized carbons (Fsp3) is 0.188. The number of nitrogens with zero attached hydrogens (tertiary/aromatic N) is 2. The molecule has 0 saturated carbocycles. The Morgan fingerprint density at radius 1 is 1.28 bits per heavy atom. The van der Waals surface area contributed by atoms with Gasteiger partial charge in [-0.1, -0.05) is 12.1 Å². The lowest BCUT2D eigenvalue weighted by Gasteiger charge is -2.10. The zero-order chi connectivity index (χ0) is 18.0. The van der Waals surface area contributed by atoms with Crippen LogP contribution in [-0.2, 0) is 21.2 Å². The number of carbonyl (C=O) groups is 1. The van der Waals surface area contributed by atoms with Gasteiger partial charge in [0.15, 0.2) is 9.84 Å². The van der Waals surface area contributed by atoms with E-state index in [1.54, 1.807) is 23.6 Å². The van der Waals surface area contributed by atoms with E-state index in [4.69, 9.17) is 0 Å². The number of sulfone groups is 1. The first-order valence-corrected chi connectivity index (χ1v) is 10.1. The molecule has 3 rings (SSSR count). The van der Waals surface area contributed by atoms with Crippen LogP contribution in [0.25, 0.3) is 10.2 Å². The minimum absolute atomic E-state index is 0.0231. The summed E-state index contributed by atoms with van der Waals surface area (Å²) in [5.41, 5.74) is 0.0318. The number of carbonyl (C=O) groups excluding carboxylic acids is 1. The van der Waals surface area contributed by atoms with Crippen molar-refractivity contribution in [3.05, 3.63) is 52.4 Å². The molecule has 3 aromatic rings. The maximum Gasteiger partial charge on any atom is 0.262 e. The largest absolute Gasteiger partial charge is 0.325 e. The van der Waals surface area contributed by atoms with Gasteiger partial charge in [-0.3, -0.25) is 14.2 Å². The lowest BCUT2D eigenvalue weighted by molar-refractivity contribution is -0.116. The van der Waals surface area contributed by atoms with Crippen LogP contribution in [-0.4, -0.2) is 30.1 Å². The zero-order valence-electron chi connectivity index (χ0n) is 13.3. The van der Waals surface area contributed by atoms with E-state index < -0.39 is 9.84 Å². The molecular weight excluding hydrogens is 362 g/mol. The predicted octanol–water partition coefficient (Wildman–Crippen LogP) is 1.89. The zero-order valence-corrected chi connectivity index (χ0v) is 14.9. The van der Waals surface area contributed by atoms with E-state index in [2.05, 4.69) is 10.3 Å². The second kappa shape index (κ2) is 6.77. The Morgan fingerprint density at radius 3 is 2.80 bits per heavy atom. The highest BCUT2D eigenvalue weighted by molar-refractivity contribution is 7.90. The first kappa shape index (κ1) is 17.3. The number of nitrogens with one attached hydrogen (secondary N) is 1. The summed E-state index contributed by atoms with van der Waals surface area (Å²) in [6.45, 7) is 0.157. The summed E-state index contributed by atoms with van der Waals surface area (Å²) in [4.78, 5) is 29.3. The minimum Gasteiger partial charge on any atom is -0.325 e. The molecule has 0 spiro atoms. The molecule has 0 saturated heterocycles. The third kappa shape index (κ3) is 3.77. The number of thiophene rings is 1. The molecule has 1 amide bonds. The highest BCUT2D eigenvalue weighted by atomic mass is 32.2. The average molecular weight is 377 g/mol. The van der Waals surface area contributed by atoms with Crippen molar-refractivity contribution >= 4 is 43.0 Å². The molecule has 1 N–H and O–H groups in total. The SMILES string of the molecule is CS(=O)(=O)c1ccccc1NC(=O)CCn1cnc2sccc2c1=O. The van der Waals surface area contributed by atoms with Crippen molar-refractivity contribution in [1.29, 1.82) is 0 Å². The molecule has 0 bridgehead atoms.